The molecule has 0 saturated carbocycles. The van der Waals surface area contributed by atoms with Crippen LogP contribution in [0.1, 0.15) is 32.6 Å². The molecule has 2 aliphatic rings. The summed E-state index contributed by atoms with van der Waals surface area (Å²) in [6.45, 7) is 8.20. The molecule has 19 heavy (non-hydrogen) atoms. The van der Waals surface area contributed by atoms with Crippen LogP contribution in [0.3, 0.4) is 0 Å². The average molecular weight is 270 g/mol. The summed E-state index contributed by atoms with van der Waals surface area (Å²) >= 11 is 0. The summed E-state index contributed by atoms with van der Waals surface area (Å²) < 4.78 is 11.5. The van der Waals surface area contributed by atoms with Gasteiger partial charge in [-0.2, -0.15) is 0 Å². The normalized spacial score (nSPS) is 28.4. The standard InChI is InChI=1S/C15H30N2O2/c1-3-6-16-14(11-13-4-8-18-9-5-13)15-12-17(2)7-10-19-15/h13-16H,3-12H2,1-2H3. The number of hydrogen-bond donors (Lipinski definition) is 1. The second-order valence-corrected chi connectivity index (χ2v) is 6.02. The molecule has 4 heteroatoms. The molecule has 2 unspecified atom stereocenters. The predicted molar refractivity (Wildman–Crippen MR) is 77.5 cm³/mol. The lowest BCUT2D eigenvalue weighted by Crippen LogP contribution is -2.52. The maximum Gasteiger partial charge on any atom is 0.0855 e. The van der Waals surface area contributed by atoms with Crippen molar-refractivity contribution in [1.82, 2.24) is 10.2 Å². The molecule has 0 aromatic rings. The zero-order valence-corrected chi connectivity index (χ0v) is 12.6. The molecule has 2 rings (SSSR count). The van der Waals surface area contributed by atoms with Crippen LogP contribution in [0.25, 0.3) is 0 Å². The van der Waals surface area contributed by atoms with Gasteiger partial charge in [-0.05, 0) is 45.2 Å². The van der Waals surface area contributed by atoms with Gasteiger partial charge >= 0.3 is 0 Å². The van der Waals surface area contributed by atoms with Crippen molar-refractivity contribution in [3.05, 3.63) is 0 Å². The second-order valence-electron chi connectivity index (χ2n) is 6.02. The minimum absolute atomic E-state index is 0.355. The maximum absolute atomic E-state index is 6.01. The summed E-state index contributed by atoms with van der Waals surface area (Å²) in [6, 6.07) is 0.505. The van der Waals surface area contributed by atoms with Crippen molar-refractivity contribution in [3.63, 3.8) is 0 Å². The molecular formula is C15H30N2O2. The van der Waals surface area contributed by atoms with Crippen molar-refractivity contribution >= 4 is 0 Å². The van der Waals surface area contributed by atoms with E-state index in [9.17, 15) is 0 Å². The highest BCUT2D eigenvalue weighted by Crippen LogP contribution is 2.23. The first-order chi connectivity index (χ1) is 9.29. The van der Waals surface area contributed by atoms with Crippen LogP contribution < -0.4 is 5.32 Å². The number of likely N-dealkylation sites (N-methyl/N-ethyl adjacent to an activating group) is 1. The van der Waals surface area contributed by atoms with E-state index in [1.165, 1.54) is 25.7 Å². The van der Waals surface area contributed by atoms with Crippen molar-refractivity contribution in [2.75, 3.05) is 46.5 Å². The van der Waals surface area contributed by atoms with Crippen LogP contribution in [0.4, 0.5) is 0 Å². The summed E-state index contributed by atoms with van der Waals surface area (Å²) in [5, 5.41) is 3.71. The third-order valence-corrected chi connectivity index (χ3v) is 4.33. The quantitative estimate of drug-likeness (QED) is 0.793. The average Bonchev–Trinajstić information content (AvgIpc) is 2.44. The van der Waals surface area contributed by atoms with Crippen molar-refractivity contribution in [2.24, 2.45) is 5.92 Å². The van der Waals surface area contributed by atoms with E-state index >= 15 is 0 Å². The summed E-state index contributed by atoms with van der Waals surface area (Å²) in [4.78, 5) is 2.39. The van der Waals surface area contributed by atoms with Gasteiger partial charge in [0, 0.05) is 32.3 Å². The molecule has 112 valence electrons. The Labute approximate surface area is 117 Å². The molecule has 2 aliphatic heterocycles. The summed E-state index contributed by atoms with van der Waals surface area (Å²) in [5.41, 5.74) is 0. The Bertz CT molecular complexity index is 244. The van der Waals surface area contributed by atoms with Crippen LogP contribution in [-0.2, 0) is 9.47 Å². The van der Waals surface area contributed by atoms with Crippen molar-refractivity contribution in [3.8, 4) is 0 Å². The highest BCUT2D eigenvalue weighted by atomic mass is 16.5. The van der Waals surface area contributed by atoms with E-state index in [1.807, 2.05) is 0 Å². The Morgan fingerprint density at radius 3 is 2.74 bits per heavy atom. The number of nitrogens with one attached hydrogen (secondary N) is 1. The zero-order chi connectivity index (χ0) is 13.5. The minimum atomic E-state index is 0.355. The molecule has 2 heterocycles. The van der Waals surface area contributed by atoms with Gasteiger partial charge in [0.2, 0.25) is 0 Å². The molecule has 2 fully saturated rings. The van der Waals surface area contributed by atoms with Crippen LogP contribution in [-0.4, -0.2) is 63.5 Å². The van der Waals surface area contributed by atoms with Gasteiger partial charge in [-0.15, -0.1) is 0 Å². The van der Waals surface area contributed by atoms with Gasteiger partial charge in [-0.1, -0.05) is 6.92 Å². The third kappa shape index (κ3) is 5.03. The van der Waals surface area contributed by atoms with Gasteiger partial charge in [-0.25, -0.2) is 0 Å². The van der Waals surface area contributed by atoms with Gasteiger partial charge in [0.05, 0.1) is 12.7 Å². The summed E-state index contributed by atoms with van der Waals surface area (Å²) in [7, 11) is 2.20. The topological polar surface area (TPSA) is 33.7 Å². The lowest BCUT2D eigenvalue weighted by atomic mass is 9.89. The van der Waals surface area contributed by atoms with E-state index < -0.39 is 0 Å². The molecule has 0 bridgehead atoms. The molecule has 0 aliphatic carbocycles. The number of nitrogens with zero attached hydrogens (tertiary/aromatic N) is 1. The molecule has 0 aromatic carbocycles. The van der Waals surface area contributed by atoms with Gasteiger partial charge in [0.25, 0.3) is 0 Å². The van der Waals surface area contributed by atoms with Crippen molar-refractivity contribution in [2.45, 2.75) is 44.8 Å². The SMILES string of the molecule is CCCNC(CC1CCOCC1)C1CN(C)CCO1. The van der Waals surface area contributed by atoms with Crippen LogP contribution in [0.5, 0.6) is 0 Å². The molecule has 2 saturated heterocycles. The summed E-state index contributed by atoms with van der Waals surface area (Å²) in [5.74, 6) is 0.805. The first-order valence-electron chi connectivity index (χ1n) is 7.91. The Morgan fingerprint density at radius 1 is 1.26 bits per heavy atom. The van der Waals surface area contributed by atoms with E-state index in [1.54, 1.807) is 0 Å². The van der Waals surface area contributed by atoms with Crippen LogP contribution in [0.2, 0.25) is 0 Å². The fourth-order valence-electron chi connectivity index (χ4n) is 3.09. The van der Waals surface area contributed by atoms with Crippen LogP contribution >= 0.6 is 0 Å². The second kappa shape index (κ2) is 8.20. The molecule has 0 radical (unpaired) electrons. The van der Waals surface area contributed by atoms with Crippen molar-refractivity contribution in [1.29, 1.82) is 0 Å². The number of morpholine rings is 1. The smallest absolute Gasteiger partial charge is 0.0855 e. The van der Waals surface area contributed by atoms with Gasteiger partial charge in [-0.3, -0.25) is 0 Å². The summed E-state index contributed by atoms with van der Waals surface area (Å²) in [6.07, 6.45) is 5.21. The largest absolute Gasteiger partial charge is 0.381 e. The molecule has 0 spiro atoms. The Balaban J connectivity index is 1.85. The molecule has 2 atom stereocenters. The zero-order valence-electron chi connectivity index (χ0n) is 12.6. The molecular weight excluding hydrogens is 240 g/mol. The monoisotopic (exact) mass is 270 g/mol. The van der Waals surface area contributed by atoms with E-state index in [2.05, 4.69) is 24.2 Å². The highest BCUT2D eigenvalue weighted by Gasteiger charge is 2.29. The maximum atomic E-state index is 6.01. The molecule has 4 nitrogen and oxygen atoms in total. The van der Waals surface area contributed by atoms with Gasteiger partial charge < -0.3 is 19.7 Å². The first kappa shape index (κ1) is 15.2. The van der Waals surface area contributed by atoms with Gasteiger partial charge in [0.1, 0.15) is 0 Å². The molecule has 0 aromatic heterocycles. The number of hydrogen-bond acceptors (Lipinski definition) is 4. The fourth-order valence-corrected chi connectivity index (χ4v) is 3.09. The van der Waals surface area contributed by atoms with Crippen LogP contribution in [0.15, 0.2) is 0 Å². The van der Waals surface area contributed by atoms with E-state index in [0.29, 0.717) is 12.1 Å². The van der Waals surface area contributed by atoms with Gasteiger partial charge in [0.15, 0.2) is 0 Å². The first-order valence-corrected chi connectivity index (χ1v) is 7.91. The van der Waals surface area contributed by atoms with Crippen molar-refractivity contribution < 1.29 is 9.47 Å². The predicted octanol–water partition coefficient (Wildman–Crippen LogP) is 1.50. The minimum Gasteiger partial charge on any atom is -0.381 e. The number of rotatable bonds is 6. The molecule has 0 amide bonds. The third-order valence-electron chi connectivity index (χ3n) is 4.33. The highest BCUT2D eigenvalue weighted by molar-refractivity contribution is 4.84. The lowest BCUT2D eigenvalue weighted by molar-refractivity contribution is -0.0458. The van der Waals surface area contributed by atoms with E-state index in [-0.39, 0.29) is 0 Å². The van der Waals surface area contributed by atoms with Crippen LogP contribution in [0, 0.1) is 5.92 Å². The molecule has 1 N–H and O–H groups in total. The lowest BCUT2D eigenvalue weighted by Gasteiger charge is -2.37. The van der Waals surface area contributed by atoms with E-state index in [4.69, 9.17) is 9.47 Å². The Hall–Kier alpha value is -0.160. The fraction of sp³-hybridized carbons (Fsp3) is 1.00. The number of ether oxygens (including phenoxy) is 2. The van der Waals surface area contributed by atoms with E-state index in [0.717, 1.165) is 45.4 Å². The Morgan fingerprint density at radius 2 is 2.05 bits per heavy atom. The Kier molecular flexibility index (Phi) is 6.57.